The zero-order valence-corrected chi connectivity index (χ0v) is 12.7. The molecule has 1 aliphatic rings. The monoisotopic (exact) mass is 313 g/mol. The summed E-state index contributed by atoms with van der Waals surface area (Å²) in [6.07, 6.45) is 5.57. The summed E-state index contributed by atoms with van der Waals surface area (Å²) in [7, 11) is 0. The number of rotatable bonds is 4. The van der Waals surface area contributed by atoms with Crippen molar-refractivity contribution in [3.8, 4) is 11.3 Å². The summed E-state index contributed by atoms with van der Waals surface area (Å²) >= 11 is 0. The van der Waals surface area contributed by atoms with E-state index >= 15 is 0 Å². The number of nitro benzene ring substituents is 1. The molecule has 1 aliphatic carbocycles. The first kappa shape index (κ1) is 15.3. The summed E-state index contributed by atoms with van der Waals surface area (Å²) in [5.74, 6) is -0.151. The molecule has 0 radical (unpaired) electrons. The van der Waals surface area contributed by atoms with Crippen molar-refractivity contribution in [2.45, 2.75) is 38.1 Å². The molecule has 1 aromatic carbocycles. The van der Waals surface area contributed by atoms with Crippen LogP contribution in [0.5, 0.6) is 0 Å². The van der Waals surface area contributed by atoms with Crippen molar-refractivity contribution in [3.63, 3.8) is 0 Å². The number of nitrogens with zero attached hydrogens (tertiary/aromatic N) is 1. The number of hydrogen-bond donors (Lipinski definition) is 2. The average Bonchev–Trinajstić information content (AvgIpc) is 3.06. The Balaban J connectivity index is 1.78. The molecule has 1 fully saturated rings. The zero-order chi connectivity index (χ0) is 16.2. The van der Waals surface area contributed by atoms with Gasteiger partial charge in [-0.2, -0.15) is 0 Å². The summed E-state index contributed by atoms with van der Waals surface area (Å²) in [4.78, 5) is 26.0. The average molecular weight is 313 g/mol. The normalized spacial score (nSPS) is 15.3. The Morgan fingerprint density at radius 1 is 1.13 bits per heavy atom. The molecule has 1 heterocycles. The number of nitrogens with one attached hydrogen (secondary N) is 2. The predicted molar refractivity (Wildman–Crippen MR) is 87.2 cm³/mol. The summed E-state index contributed by atoms with van der Waals surface area (Å²) < 4.78 is 0. The molecule has 3 rings (SSSR count). The molecule has 23 heavy (non-hydrogen) atoms. The molecule has 6 nitrogen and oxygen atoms in total. The fourth-order valence-corrected chi connectivity index (χ4v) is 3.06. The third-order valence-electron chi connectivity index (χ3n) is 4.26. The second kappa shape index (κ2) is 6.64. The van der Waals surface area contributed by atoms with Gasteiger partial charge >= 0.3 is 0 Å². The number of amides is 1. The Kier molecular flexibility index (Phi) is 4.41. The highest BCUT2D eigenvalue weighted by Gasteiger charge is 2.19. The Labute approximate surface area is 134 Å². The van der Waals surface area contributed by atoms with Gasteiger partial charge in [-0.25, -0.2) is 0 Å². The molecule has 0 atom stereocenters. The van der Waals surface area contributed by atoms with E-state index in [0.29, 0.717) is 17.0 Å². The molecule has 0 bridgehead atoms. The molecule has 1 aromatic heterocycles. The lowest BCUT2D eigenvalue weighted by Gasteiger charge is -2.22. The van der Waals surface area contributed by atoms with Crippen LogP contribution in [0.2, 0.25) is 0 Å². The third-order valence-corrected chi connectivity index (χ3v) is 4.26. The Morgan fingerprint density at radius 3 is 2.61 bits per heavy atom. The van der Waals surface area contributed by atoms with Crippen LogP contribution in [0, 0.1) is 10.1 Å². The Bertz CT molecular complexity index is 717. The lowest BCUT2D eigenvalue weighted by atomic mass is 9.95. The highest BCUT2D eigenvalue weighted by Crippen LogP contribution is 2.28. The smallest absolute Gasteiger partial charge is 0.278 e. The van der Waals surface area contributed by atoms with Gasteiger partial charge in [0.25, 0.3) is 11.6 Å². The molecule has 2 N–H and O–H groups in total. The van der Waals surface area contributed by atoms with Crippen molar-refractivity contribution in [2.24, 2.45) is 0 Å². The fourth-order valence-electron chi connectivity index (χ4n) is 3.06. The predicted octanol–water partition coefficient (Wildman–Crippen LogP) is 3.65. The van der Waals surface area contributed by atoms with Gasteiger partial charge in [-0.15, -0.1) is 0 Å². The molecular formula is C17H19N3O3. The van der Waals surface area contributed by atoms with Crippen LogP contribution < -0.4 is 5.32 Å². The molecule has 0 unspecified atom stereocenters. The second-order valence-corrected chi connectivity index (χ2v) is 5.87. The molecule has 0 saturated heterocycles. The van der Waals surface area contributed by atoms with E-state index in [-0.39, 0.29) is 17.6 Å². The summed E-state index contributed by atoms with van der Waals surface area (Å²) in [6, 6.07) is 10.1. The van der Waals surface area contributed by atoms with Crippen molar-refractivity contribution >= 4 is 11.6 Å². The standard InChI is InChI=1S/C17H19N3O3/c21-17(18-12-6-2-1-3-7-12)15-11-10-14(19-15)13-8-4-5-9-16(13)20(22)23/h4-5,8-12,19H,1-3,6-7H2,(H,18,21). The van der Waals surface area contributed by atoms with Crippen LogP contribution in [-0.2, 0) is 0 Å². The molecule has 1 saturated carbocycles. The number of hydrogen-bond acceptors (Lipinski definition) is 3. The maximum Gasteiger partial charge on any atom is 0.278 e. The van der Waals surface area contributed by atoms with Crippen LogP contribution in [0.1, 0.15) is 42.6 Å². The number of aromatic amines is 1. The van der Waals surface area contributed by atoms with Gasteiger partial charge < -0.3 is 10.3 Å². The summed E-state index contributed by atoms with van der Waals surface area (Å²) in [5, 5.41) is 14.1. The molecule has 120 valence electrons. The lowest BCUT2D eigenvalue weighted by Crippen LogP contribution is -2.36. The van der Waals surface area contributed by atoms with Gasteiger partial charge in [0, 0.05) is 12.1 Å². The van der Waals surface area contributed by atoms with E-state index in [2.05, 4.69) is 10.3 Å². The molecule has 6 heteroatoms. The minimum absolute atomic E-state index is 0.0218. The zero-order valence-electron chi connectivity index (χ0n) is 12.7. The van der Waals surface area contributed by atoms with Gasteiger partial charge in [0.1, 0.15) is 5.69 Å². The SMILES string of the molecule is O=C(NC1CCCCC1)c1ccc(-c2ccccc2[N+](=O)[O-])[nH]1. The Morgan fingerprint density at radius 2 is 1.87 bits per heavy atom. The van der Waals surface area contributed by atoms with E-state index in [1.54, 1.807) is 30.3 Å². The highest BCUT2D eigenvalue weighted by molar-refractivity contribution is 5.93. The van der Waals surface area contributed by atoms with Gasteiger partial charge in [0.05, 0.1) is 16.2 Å². The van der Waals surface area contributed by atoms with Crippen LogP contribution in [0.25, 0.3) is 11.3 Å². The second-order valence-electron chi connectivity index (χ2n) is 5.87. The number of H-pyrrole nitrogens is 1. The van der Waals surface area contributed by atoms with E-state index in [1.165, 1.54) is 12.5 Å². The largest absolute Gasteiger partial charge is 0.350 e. The van der Waals surface area contributed by atoms with Crippen LogP contribution in [0.15, 0.2) is 36.4 Å². The first-order valence-electron chi connectivity index (χ1n) is 7.89. The molecular weight excluding hydrogens is 294 g/mol. The number of carbonyl (C=O) groups is 1. The van der Waals surface area contributed by atoms with Gasteiger partial charge in [-0.3, -0.25) is 14.9 Å². The van der Waals surface area contributed by atoms with Gasteiger partial charge in [0.15, 0.2) is 0 Å². The van der Waals surface area contributed by atoms with Gasteiger partial charge in [-0.1, -0.05) is 31.4 Å². The van der Waals surface area contributed by atoms with Crippen LogP contribution in [0.4, 0.5) is 5.69 Å². The number of benzene rings is 1. The minimum atomic E-state index is -0.419. The van der Waals surface area contributed by atoms with Crippen molar-refractivity contribution < 1.29 is 9.72 Å². The maximum atomic E-state index is 12.3. The van der Waals surface area contributed by atoms with Gasteiger partial charge in [-0.05, 0) is 31.0 Å². The molecule has 0 spiro atoms. The maximum absolute atomic E-state index is 12.3. The first-order valence-corrected chi connectivity index (χ1v) is 7.89. The van der Waals surface area contributed by atoms with E-state index in [1.807, 2.05) is 0 Å². The van der Waals surface area contributed by atoms with Crippen molar-refractivity contribution in [2.75, 3.05) is 0 Å². The fraction of sp³-hybridized carbons (Fsp3) is 0.353. The van der Waals surface area contributed by atoms with Crippen molar-refractivity contribution in [1.29, 1.82) is 0 Å². The van der Waals surface area contributed by atoms with Crippen LogP contribution in [0.3, 0.4) is 0 Å². The van der Waals surface area contributed by atoms with E-state index in [0.717, 1.165) is 25.7 Å². The Hall–Kier alpha value is -2.63. The van der Waals surface area contributed by atoms with Crippen molar-refractivity contribution in [3.05, 3.63) is 52.2 Å². The topological polar surface area (TPSA) is 88.0 Å². The van der Waals surface area contributed by atoms with Crippen LogP contribution >= 0.6 is 0 Å². The number of carbonyl (C=O) groups excluding carboxylic acids is 1. The number of aromatic nitrogens is 1. The quantitative estimate of drug-likeness (QED) is 0.667. The summed E-state index contributed by atoms with van der Waals surface area (Å²) in [5.41, 5.74) is 1.51. The van der Waals surface area contributed by atoms with Crippen molar-refractivity contribution in [1.82, 2.24) is 10.3 Å². The molecule has 2 aromatic rings. The van der Waals surface area contributed by atoms with Crippen LogP contribution in [-0.4, -0.2) is 21.9 Å². The van der Waals surface area contributed by atoms with E-state index in [9.17, 15) is 14.9 Å². The lowest BCUT2D eigenvalue weighted by molar-refractivity contribution is -0.384. The van der Waals surface area contributed by atoms with E-state index < -0.39 is 4.92 Å². The number of nitro groups is 1. The summed E-state index contributed by atoms with van der Waals surface area (Å²) in [6.45, 7) is 0. The van der Waals surface area contributed by atoms with E-state index in [4.69, 9.17) is 0 Å². The molecule has 1 amide bonds. The first-order chi connectivity index (χ1) is 11.1. The minimum Gasteiger partial charge on any atom is -0.350 e. The number of para-hydroxylation sites is 1. The highest BCUT2D eigenvalue weighted by atomic mass is 16.6. The molecule has 0 aliphatic heterocycles. The third kappa shape index (κ3) is 3.41. The van der Waals surface area contributed by atoms with Gasteiger partial charge in [0.2, 0.25) is 0 Å².